The van der Waals surface area contributed by atoms with Crippen molar-refractivity contribution < 1.29 is 0 Å². The minimum Gasteiger partial charge on any atom is -0.0988 e. The molecule has 0 aliphatic rings. The molecule has 0 unspecified atom stereocenters. The highest BCUT2D eigenvalue weighted by molar-refractivity contribution is 5.59. The molecule has 0 heterocycles. The molecule has 0 spiro atoms. The third kappa shape index (κ3) is 3.33. The van der Waals surface area contributed by atoms with Crippen molar-refractivity contribution in [2.24, 2.45) is 0 Å². The van der Waals surface area contributed by atoms with Gasteiger partial charge in [-0.3, -0.25) is 0 Å². The van der Waals surface area contributed by atoms with E-state index in [1.54, 1.807) is 0 Å². The molecular weight excluding hydrogens is 216 g/mol. The zero-order chi connectivity index (χ0) is 13.5. The predicted octanol–water partition coefficient (Wildman–Crippen LogP) is 3.74. The first kappa shape index (κ1) is 14.2. The SMILES string of the molecule is C=C\C(CC)=C(C)/C(/C=c1/ccccc1=C)=C/C. The van der Waals surface area contributed by atoms with Gasteiger partial charge < -0.3 is 0 Å². The van der Waals surface area contributed by atoms with Crippen LogP contribution in [0.2, 0.25) is 0 Å². The Balaban J connectivity index is 3.36. The third-order valence-corrected chi connectivity index (χ3v) is 3.22. The molecule has 1 rings (SSSR count). The Hall–Kier alpha value is -1.82. The van der Waals surface area contributed by atoms with E-state index in [0.29, 0.717) is 0 Å². The smallest absolute Gasteiger partial charge is 0.0184 e. The van der Waals surface area contributed by atoms with Gasteiger partial charge in [0.2, 0.25) is 0 Å². The van der Waals surface area contributed by atoms with Crippen LogP contribution >= 0.6 is 0 Å². The highest BCUT2D eigenvalue weighted by Crippen LogP contribution is 2.18. The van der Waals surface area contributed by atoms with Crippen LogP contribution in [0.15, 0.2) is 59.7 Å². The minimum atomic E-state index is 1.01. The van der Waals surface area contributed by atoms with Crippen molar-refractivity contribution in [3.8, 4) is 0 Å². The Morgan fingerprint density at radius 3 is 2.44 bits per heavy atom. The van der Waals surface area contributed by atoms with Gasteiger partial charge in [0.25, 0.3) is 0 Å². The fourth-order valence-electron chi connectivity index (χ4n) is 2.00. The van der Waals surface area contributed by atoms with Gasteiger partial charge in [-0.1, -0.05) is 56.5 Å². The van der Waals surface area contributed by atoms with Gasteiger partial charge in [0.15, 0.2) is 0 Å². The molecule has 0 nitrogen and oxygen atoms in total. The molecule has 0 heteroatoms. The van der Waals surface area contributed by atoms with Crippen LogP contribution in [0.1, 0.15) is 27.2 Å². The Kier molecular flexibility index (Phi) is 5.38. The van der Waals surface area contributed by atoms with Crippen molar-refractivity contribution in [1.82, 2.24) is 0 Å². The van der Waals surface area contributed by atoms with Crippen LogP contribution in [0, 0.1) is 0 Å². The van der Waals surface area contributed by atoms with Crippen molar-refractivity contribution in [2.75, 3.05) is 0 Å². The van der Waals surface area contributed by atoms with E-state index in [1.807, 2.05) is 24.3 Å². The molecular formula is C18H22. The Bertz CT molecular complexity index is 583. The molecule has 0 fully saturated rings. The van der Waals surface area contributed by atoms with E-state index in [0.717, 1.165) is 11.6 Å². The molecule has 18 heavy (non-hydrogen) atoms. The van der Waals surface area contributed by atoms with E-state index in [9.17, 15) is 0 Å². The summed E-state index contributed by atoms with van der Waals surface area (Å²) in [5.74, 6) is 0. The molecule has 0 bridgehead atoms. The summed E-state index contributed by atoms with van der Waals surface area (Å²) < 4.78 is 0. The van der Waals surface area contributed by atoms with Gasteiger partial charge in [-0.2, -0.15) is 0 Å². The molecule has 0 aliphatic carbocycles. The van der Waals surface area contributed by atoms with Crippen LogP contribution < -0.4 is 10.4 Å². The standard InChI is InChI=1S/C18H22/c1-6-16(7-2)15(5)17(8-3)13-18-12-10-9-11-14(18)4/h6,8-13H,1,4,7H2,2-3,5H3/b16-15+,17-8+,18-13-. The maximum Gasteiger partial charge on any atom is -0.0184 e. The average molecular weight is 238 g/mol. The van der Waals surface area contributed by atoms with Crippen LogP contribution in [0.5, 0.6) is 0 Å². The van der Waals surface area contributed by atoms with E-state index in [4.69, 9.17) is 0 Å². The van der Waals surface area contributed by atoms with Crippen LogP contribution in [-0.4, -0.2) is 0 Å². The number of allylic oxidation sites excluding steroid dienone is 5. The van der Waals surface area contributed by atoms with Crippen molar-refractivity contribution >= 4 is 12.7 Å². The topological polar surface area (TPSA) is 0 Å². The summed E-state index contributed by atoms with van der Waals surface area (Å²) in [4.78, 5) is 0. The highest BCUT2D eigenvalue weighted by Gasteiger charge is 2.00. The fraction of sp³-hybridized carbons (Fsp3) is 0.222. The minimum absolute atomic E-state index is 1.01. The normalized spacial score (nSPS) is 14.4. The molecule has 0 aromatic heterocycles. The van der Waals surface area contributed by atoms with E-state index >= 15 is 0 Å². The fourth-order valence-corrected chi connectivity index (χ4v) is 2.00. The summed E-state index contributed by atoms with van der Waals surface area (Å²) in [6.07, 6.45) is 7.28. The van der Waals surface area contributed by atoms with Crippen molar-refractivity contribution in [3.05, 3.63) is 70.2 Å². The van der Waals surface area contributed by atoms with E-state index < -0.39 is 0 Å². The summed E-state index contributed by atoms with van der Waals surface area (Å²) in [7, 11) is 0. The maximum atomic E-state index is 4.06. The van der Waals surface area contributed by atoms with Gasteiger partial charge in [-0.15, -0.1) is 0 Å². The second-order valence-electron chi connectivity index (χ2n) is 4.30. The van der Waals surface area contributed by atoms with E-state index in [1.165, 1.54) is 21.9 Å². The molecule has 1 aromatic rings. The maximum absolute atomic E-state index is 4.06. The molecule has 94 valence electrons. The third-order valence-electron chi connectivity index (χ3n) is 3.22. The van der Waals surface area contributed by atoms with Crippen molar-refractivity contribution in [3.63, 3.8) is 0 Å². The van der Waals surface area contributed by atoms with Crippen LogP contribution in [0.25, 0.3) is 12.7 Å². The highest BCUT2D eigenvalue weighted by atomic mass is 14.1. The Morgan fingerprint density at radius 1 is 1.28 bits per heavy atom. The van der Waals surface area contributed by atoms with Crippen LogP contribution in [-0.2, 0) is 0 Å². The van der Waals surface area contributed by atoms with E-state index in [2.05, 4.69) is 52.1 Å². The lowest BCUT2D eigenvalue weighted by Crippen LogP contribution is -2.22. The Labute approximate surface area is 110 Å². The lowest BCUT2D eigenvalue weighted by atomic mass is 9.98. The lowest BCUT2D eigenvalue weighted by molar-refractivity contribution is 1.11. The number of rotatable bonds is 4. The summed E-state index contributed by atoms with van der Waals surface area (Å²) in [6, 6.07) is 8.19. The molecule has 0 saturated carbocycles. The summed E-state index contributed by atoms with van der Waals surface area (Å²) in [5, 5.41) is 2.23. The number of hydrogen-bond donors (Lipinski definition) is 0. The zero-order valence-corrected chi connectivity index (χ0v) is 11.7. The predicted molar refractivity (Wildman–Crippen MR) is 82.6 cm³/mol. The zero-order valence-electron chi connectivity index (χ0n) is 11.7. The Morgan fingerprint density at radius 2 is 1.94 bits per heavy atom. The number of benzene rings is 1. The second-order valence-corrected chi connectivity index (χ2v) is 4.30. The summed E-state index contributed by atoms with van der Waals surface area (Å²) in [5.41, 5.74) is 3.82. The van der Waals surface area contributed by atoms with Crippen molar-refractivity contribution in [1.29, 1.82) is 0 Å². The van der Waals surface area contributed by atoms with E-state index in [-0.39, 0.29) is 0 Å². The monoisotopic (exact) mass is 238 g/mol. The van der Waals surface area contributed by atoms with Gasteiger partial charge in [-0.05, 0) is 53.5 Å². The first-order chi connectivity index (χ1) is 8.63. The first-order valence-electron chi connectivity index (χ1n) is 6.38. The van der Waals surface area contributed by atoms with Gasteiger partial charge in [-0.25, -0.2) is 0 Å². The molecule has 0 amide bonds. The first-order valence-corrected chi connectivity index (χ1v) is 6.38. The van der Waals surface area contributed by atoms with Gasteiger partial charge in [0.05, 0.1) is 0 Å². The lowest BCUT2D eigenvalue weighted by Gasteiger charge is -2.07. The summed E-state index contributed by atoms with van der Waals surface area (Å²) >= 11 is 0. The van der Waals surface area contributed by atoms with Crippen molar-refractivity contribution in [2.45, 2.75) is 27.2 Å². The second kappa shape index (κ2) is 6.80. The van der Waals surface area contributed by atoms with Gasteiger partial charge >= 0.3 is 0 Å². The quantitative estimate of drug-likeness (QED) is 0.701. The van der Waals surface area contributed by atoms with Gasteiger partial charge in [0, 0.05) is 0 Å². The molecule has 0 aliphatic heterocycles. The number of hydrogen-bond acceptors (Lipinski definition) is 0. The average Bonchev–Trinajstić information content (AvgIpc) is 2.39. The molecule has 0 radical (unpaired) electrons. The van der Waals surface area contributed by atoms with Gasteiger partial charge in [0.1, 0.15) is 0 Å². The largest absolute Gasteiger partial charge is 0.0988 e. The van der Waals surface area contributed by atoms with Crippen LogP contribution in [0.3, 0.4) is 0 Å². The molecule has 0 saturated heterocycles. The van der Waals surface area contributed by atoms with Crippen LogP contribution in [0.4, 0.5) is 0 Å². The molecule has 1 aromatic carbocycles. The molecule has 0 N–H and O–H groups in total. The summed E-state index contributed by atoms with van der Waals surface area (Å²) in [6.45, 7) is 14.3. The molecule has 0 atom stereocenters.